The molecule has 0 radical (unpaired) electrons. The SMILES string of the molecule is O=C([O-])C(F)(F)Cl.O=C([O-])C(F)(F)Cl.O=C([O-])C(F)(F)Cl.[Ho+3]. The zero-order chi connectivity index (χ0) is 18.2. The summed E-state index contributed by atoms with van der Waals surface area (Å²) < 4.78 is 65.7. The van der Waals surface area contributed by atoms with Gasteiger partial charge in [0.1, 0.15) is 17.9 Å². The van der Waals surface area contributed by atoms with Gasteiger partial charge in [-0.3, -0.25) is 0 Å². The molecule has 6 nitrogen and oxygen atoms in total. The molecule has 0 aromatic rings. The van der Waals surface area contributed by atoms with Gasteiger partial charge < -0.3 is 29.7 Å². The minimum absolute atomic E-state index is 0. The number of rotatable bonds is 3. The van der Waals surface area contributed by atoms with E-state index in [4.69, 9.17) is 29.7 Å². The fourth-order valence-corrected chi connectivity index (χ4v) is 0. The Morgan fingerprint density at radius 2 is 0.636 bits per heavy atom. The van der Waals surface area contributed by atoms with Gasteiger partial charge in [0.2, 0.25) is 0 Å². The second-order valence-electron chi connectivity index (χ2n) is 2.36. The predicted octanol–water partition coefficient (Wildman–Crippen LogP) is -1.30. The molecular weight excluding hydrogens is 553 g/mol. The van der Waals surface area contributed by atoms with Crippen molar-refractivity contribution >= 4 is 52.7 Å². The van der Waals surface area contributed by atoms with Crippen molar-refractivity contribution in [1.82, 2.24) is 0 Å². The van der Waals surface area contributed by atoms with Crippen molar-refractivity contribution in [2.45, 2.75) is 16.1 Å². The quantitative estimate of drug-likeness (QED) is 0.244. The third-order valence-electron chi connectivity index (χ3n) is 0.694. The number of halogens is 9. The van der Waals surface area contributed by atoms with E-state index in [1.165, 1.54) is 0 Å². The van der Waals surface area contributed by atoms with E-state index in [9.17, 15) is 26.3 Å². The van der Waals surface area contributed by atoms with Gasteiger partial charge in [0.05, 0.1) is 0 Å². The van der Waals surface area contributed by atoms with E-state index in [0.717, 1.165) is 0 Å². The molecule has 0 saturated heterocycles. The normalized spacial score (nSPS) is 10.8. The topological polar surface area (TPSA) is 120 Å². The molecule has 0 aliphatic heterocycles. The number of carbonyl (C=O) groups excluding carboxylic acids is 3. The molecule has 0 atom stereocenters. The molecule has 0 rings (SSSR count). The van der Waals surface area contributed by atoms with Gasteiger partial charge in [0.15, 0.2) is 0 Å². The van der Waals surface area contributed by atoms with Crippen LogP contribution in [-0.4, -0.2) is 34.1 Å². The second kappa shape index (κ2) is 11.6. The fraction of sp³-hybridized carbons (Fsp3) is 0.500. The first-order valence-corrected chi connectivity index (χ1v) is 4.81. The minimum Gasteiger partial charge on any atom is -0.543 e. The van der Waals surface area contributed by atoms with Gasteiger partial charge in [-0.05, 0) is 34.8 Å². The number of carboxylic acid groups (broad SMARTS) is 3. The van der Waals surface area contributed by atoms with Gasteiger partial charge in [-0.25, -0.2) is 0 Å². The summed E-state index contributed by atoms with van der Waals surface area (Å²) in [6.45, 7) is 0. The van der Waals surface area contributed by atoms with E-state index in [0.29, 0.717) is 0 Å². The first-order chi connectivity index (χ1) is 8.83. The standard InChI is InChI=1S/3C2HClF2O2.Ho/c3*3-2(4,5)1(6)7;/h3*(H,6,7);/q;;;+3/p-3. The average Bonchev–Trinajstić information content (AvgIpc) is 2.14. The molecular formula is C6Cl3F6HoO6. The van der Waals surface area contributed by atoms with Crippen LogP contribution in [0.2, 0.25) is 0 Å². The van der Waals surface area contributed by atoms with E-state index >= 15 is 0 Å². The molecule has 0 spiro atoms. The molecule has 0 aliphatic carbocycles. The van der Waals surface area contributed by atoms with Crippen molar-refractivity contribution in [2.75, 3.05) is 0 Å². The summed E-state index contributed by atoms with van der Waals surface area (Å²) in [6.07, 6.45) is 0. The maximum Gasteiger partial charge on any atom is 3.00 e. The zero-order valence-corrected chi connectivity index (χ0v) is 13.4. The number of carboxylic acids is 3. The Morgan fingerprint density at radius 1 is 0.591 bits per heavy atom. The molecule has 0 saturated carbocycles. The van der Waals surface area contributed by atoms with E-state index in [1.54, 1.807) is 0 Å². The van der Waals surface area contributed by atoms with Gasteiger partial charge in [-0.2, -0.15) is 26.3 Å². The average molecular weight is 553 g/mol. The maximum atomic E-state index is 10.9. The summed E-state index contributed by atoms with van der Waals surface area (Å²) in [7, 11) is 0. The van der Waals surface area contributed by atoms with Crippen LogP contribution in [0, 0.1) is 37.7 Å². The van der Waals surface area contributed by atoms with E-state index < -0.39 is 34.1 Å². The summed E-state index contributed by atoms with van der Waals surface area (Å²) >= 11 is 11.6. The number of hydrogen-bond donors (Lipinski definition) is 0. The van der Waals surface area contributed by atoms with Gasteiger partial charge >= 0.3 is 53.9 Å². The van der Waals surface area contributed by atoms with Crippen LogP contribution in [0.25, 0.3) is 0 Å². The Kier molecular flexibility index (Phi) is 15.9. The van der Waals surface area contributed by atoms with E-state index in [2.05, 4.69) is 34.8 Å². The van der Waals surface area contributed by atoms with E-state index in [-0.39, 0.29) is 37.7 Å². The monoisotopic (exact) mass is 552 g/mol. The molecule has 0 heterocycles. The molecule has 16 heteroatoms. The smallest absolute Gasteiger partial charge is 0.543 e. The second-order valence-corrected chi connectivity index (χ2v) is 3.78. The van der Waals surface area contributed by atoms with Gasteiger partial charge in [-0.1, -0.05) is 0 Å². The van der Waals surface area contributed by atoms with Crippen LogP contribution >= 0.6 is 34.8 Å². The van der Waals surface area contributed by atoms with E-state index in [1.807, 2.05) is 0 Å². The maximum absolute atomic E-state index is 10.9. The van der Waals surface area contributed by atoms with Crippen molar-refractivity contribution in [3.63, 3.8) is 0 Å². The van der Waals surface area contributed by atoms with Crippen LogP contribution in [0.3, 0.4) is 0 Å². The third kappa shape index (κ3) is 22.4. The van der Waals surface area contributed by atoms with Crippen molar-refractivity contribution in [2.24, 2.45) is 0 Å². The summed E-state index contributed by atoms with van der Waals surface area (Å²) in [5.41, 5.74) is 0. The molecule has 0 N–H and O–H groups in total. The third-order valence-corrected chi connectivity index (χ3v) is 1.16. The van der Waals surface area contributed by atoms with Gasteiger partial charge in [0.25, 0.3) is 0 Å². The molecule has 134 valence electrons. The number of aliphatic carboxylic acids is 3. The first-order valence-electron chi connectivity index (χ1n) is 3.68. The Labute approximate surface area is 161 Å². The van der Waals surface area contributed by atoms with Crippen molar-refractivity contribution in [3.05, 3.63) is 0 Å². The van der Waals surface area contributed by atoms with Crippen LogP contribution in [0.1, 0.15) is 0 Å². The Bertz CT molecular complexity index is 321. The molecule has 0 aromatic heterocycles. The molecule has 0 unspecified atom stereocenters. The summed E-state index contributed by atoms with van der Waals surface area (Å²) in [4.78, 5) is 27.1. The largest absolute Gasteiger partial charge is 3.00 e. The number of hydrogen-bond acceptors (Lipinski definition) is 6. The van der Waals surface area contributed by atoms with Crippen molar-refractivity contribution in [3.8, 4) is 0 Å². The van der Waals surface area contributed by atoms with Crippen molar-refractivity contribution < 1.29 is 93.8 Å². The van der Waals surface area contributed by atoms with Crippen LogP contribution in [0.15, 0.2) is 0 Å². The van der Waals surface area contributed by atoms with Gasteiger partial charge in [0, 0.05) is 0 Å². The van der Waals surface area contributed by atoms with Crippen molar-refractivity contribution in [1.29, 1.82) is 0 Å². The summed E-state index contributed by atoms with van der Waals surface area (Å²) in [5.74, 6) is -7.72. The minimum atomic E-state index is -4.22. The van der Waals surface area contributed by atoms with Crippen LogP contribution < -0.4 is 15.3 Å². The fourth-order valence-electron chi connectivity index (χ4n) is 0. The van der Waals surface area contributed by atoms with Crippen LogP contribution in [-0.2, 0) is 14.4 Å². The number of alkyl halides is 9. The Hall–Kier alpha value is 0.120. The number of carbonyl (C=O) groups is 3. The van der Waals surface area contributed by atoms with Crippen LogP contribution in [0.5, 0.6) is 0 Å². The molecule has 0 amide bonds. The molecule has 0 fully saturated rings. The zero-order valence-electron chi connectivity index (χ0n) is 9.15. The Morgan fingerprint density at radius 3 is 0.636 bits per heavy atom. The summed E-state index contributed by atoms with van der Waals surface area (Å²) in [5, 5.41) is 14.4. The van der Waals surface area contributed by atoms with Gasteiger partial charge in [-0.15, -0.1) is 0 Å². The molecule has 0 aromatic carbocycles. The van der Waals surface area contributed by atoms with Crippen LogP contribution in [0.4, 0.5) is 26.3 Å². The summed E-state index contributed by atoms with van der Waals surface area (Å²) in [6, 6.07) is 0. The Balaban J connectivity index is -0.000000108. The molecule has 0 bridgehead atoms. The predicted molar refractivity (Wildman–Crippen MR) is 47.4 cm³/mol. The first kappa shape index (κ1) is 30.1. The molecule has 22 heavy (non-hydrogen) atoms. The molecule has 0 aliphatic rings.